The molecule has 0 radical (unpaired) electrons. The Morgan fingerprint density at radius 1 is 1.31 bits per heavy atom. The fraction of sp³-hybridized carbons (Fsp3) is 0.421. The van der Waals surface area contributed by atoms with E-state index in [1.54, 1.807) is 0 Å². The lowest BCUT2D eigenvalue weighted by atomic mass is 10.0. The number of rotatable bonds is 10. The fourth-order valence-electron chi connectivity index (χ4n) is 3.13. The lowest BCUT2D eigenvalue weighted by molar-refractivity contribution is -0.121. The van der Waals surface area contributed by atoms with E-state index < -0.39 is 0 Å². The number of likely N-dealkylation sites (N-methyl/N-ethyl adjacent to an activating group) is 1. The van der Waals surface area contributed by atoms with Crippen LogP contribution in [0.25, 0.3) is 11.6 Å². The standard InChI is InChI=1S/C19H24ClN7O2/c1-3-27(4-2)15(13-7-5-6-8-14(13)20)11-21-16(28)9-10-17-24-19(26-29-17)18-22-12-23-25-18/h5-8,12,15H,3-4,9-11H2,1-2H3,(H,21,28)(H,22,23,25). The van der Waals surface area contributed by atoms with E-state index in [9.17, 15) is 4.79 Å². The van der Waals surface area contributed by atoms with E-state index in [2.05, 4.69) is 49.4 Å². The maximum atomic E-state index is 12.4. The number of H-pyrrole nitrogens is 1. The van der Waals surface area contributed by atoms with Gasteiger partial charge in [0.05, 0.1) is 6.04 Å². The second-order valence-corrected chi connectivity index (χ2v) is 6.82. The van der Waals surface area contributed by atoms with Crippen LogP contribution in [0.3, 0.4) is 0 Å². The predicted octanol–water partition coefficient (Wildman–Crippen LogP) is 2.64. The third kappa shape index (κ3) is 5.39. The van der Waals surface area contributed by atoms with Gasteiger partial charge in [0, 0.05) is 24.4 Å². The van der Waals surface area contributed by atoms with Gasteiger partial charge < -0.3 is 9.84 Å². The zero-order chi connectivity index (χ0) is 20.6. The van der Waals surface area contributed by atoms with Crippen molar-refractivity contribution in [3.05, 3.63) is 47.1 Å². The molecule has 0 saturated carbocycles. The van der Waals surface area contributed by atoms with Gasteiger partial charge in [0.2, 0.25) is 17.6 Å². The van der Waals surface area contributed by atoms with E-state index in [0.29, 0.717) is 35.5 Å². The summed E-state index contributed by atoms with van der Waals surface area (Å²) in [5.41, 5.74) is 1.01. The number of hydrogen-bond donors (Lipinski definition) is 2. The molecular formula is C19H24ClN7O2. The largest absolute Gasteiger partial charge is 0.354 e. The molecule has 9 nitrogen and oxygen atoms in total. The number of aromatic amines is 1. The van der Waals surface area contributed by atoms with Crippen LogP contribution in [0.4, 0.5) is 0 Å². The summed E-state index contributed by atoms with van der Waals surface area (Å²) in [4.78, 5) is 22.8. The van der Waals surface area contributed by atoms with Crippen LogP contribution in [0.5, 0.6) is 0 Å². The molecule has 3 aromatic rings. The van der Waals surface area contributed by atoms with Gasteiger partial charge in [-0.15, -0.1) is 0 Å². The molecule has 154 valence electrons. The van der Waals surface area contributed by atoms with Crippen molar-refractivity contribution in [2.24, 2.45) is 0 Å². The highest BCUT2D eigenvalue weighted by Gasteiger charge is 2.21. The summed E-state index contributed by atoms with van der Waals surface area (Å²) in [5, 5.41) is 13.9. The van der Waals surface area contributed by atoms with Gasteiger partial charge in [-0.2, -0.15) is 10.1 Å². The number of benzene rings is 1. The first-order valence-electron chi connectivity index (χ1n) is 9.55. The van der Waals surface area contributed by atoms with E-state index in [1.165, 1.54) is 6.33 Å². The normalized spacial score (nSPS) is 12.3. The molecule has 2 N–H and O–H groups in total. The van der Waals surface area contributed by atoms with Crippen molar-refractivity contribution >= 4 is 17.5 Å². The Balaban J connectivity index is 1.57. The Kier molecular flexibility index (Phi) is 7.31. The number of aryl methyl sites for hydroxylation is 1. The first-order chi connectivity index (χ1) is 14.1. The summed E-state index contributed by atoms with van der Waals surface area (Å²) in [7, 11) is 0. The number of carbonyl (C=O) groups excluding carboxylic acids is 1. The topological polar surface area (TPSA) is 113 Å². The van der Waals surface area contributed by atoms with Crippen molar-refractivity contribution in [3.8, 4) is 11.6 Å². The SMILES string of the molecule is CCN(CC)C(CNC(=O)CCc1nc(-c2ncn[nH]2)no1)c1ccccc1Cl. The molecule has 29 heavy (non-hydrogen) atoms. The van der Waals surface area contributed by atoms with Crippen LogP contribution in [-0.2, 0) is 11.2 Å². The summed E-state index contributed by atoms with van der Waals surface area (Å²) in [6.45, 7) is 6.37. The van der Waals surface area contributed by atoms with Gasteiger partial charge in [0.25, 0.3) is 0 Å². The zero-order valence-electron chi connectivity index (χ0n) is 16.4. The van der Waals surface area contributed by atoms with Crippen molar-refractivity contribution in [1.29, 1.82) is 0 Å². The van der Waals surface area contributed by atoms with Crippen LogP contribution in [-0.4, -0.2) is 55.8 Å². The molecule has 3 rings (SSSR count). The number of nitrogens with one attached hydrogen (secondary N) is 2. The molecular weight excluding hydrogens is 394 g/mol. The number of carbonyl (C=O) groups is 1. The maximum absolute atomic E-state index is 12.4. The Morgan fingerprint density at radius 3 is 2.79 bits per heavy atom. The zero-order valence-corrected chi connectivity index (χ0v) is 17.2. The third-order valence-corrected chi connectivity index (χ3v) is 5.01. The summed E-state index contributed by atoms with van der Waals surface area (Å²) < 4.78 is 5.17. The average molecular weight is 418 g/mol. The molecule has 0 bridgehead atoms. The van der Waals surface area contributed by atoms with Gasteiger partial charge in [0.15, 0.2) is 5.82 Å². The van der Waals surface area contributed by atoms with Crippen molar-refractivity contribution in [1.82, 2.24) is 35.5 Å². The molecule has 0 spiro atoms. The molecule has 0 aliphatic heterocycles. The minimum absolute atomic E-state index is 0.00381. The molecule has 2 heterocycles. The third-order valence-electron chi connectivity index (χ3n) is 4.67. The Hall–Kier alpha value is -2.78. The second kappa shape index (κ2) is 10.1. The molecule has 0 saturated heterocycles. The Labute approximate surface area is 173 Å². The van der Waals surface area contributed by atoms with Crippen LogP contribution in [0.2, 0.25) is 5.02 Å². The average Bonchev–Trinajstić information content (AvgIpc) is 3.42. The van der Waals surface area contributed by atoms with Crippen LogP contribution >= 0.6 is 11.6 Å². The number of nitrogens with zero attached hydrogens (tertiary/aromatic N) is 5. The van der Waals surface area contributed by atoms with Gasteiger partial charge in [-0.1, -0.05) is 48.8 Å². The Morgan fingerprint density at radius 2 is 2.10 bits per heavy atom. The number of aromatic nitrogens is 5. The van der Waals surface area contributed by atoms with Gasteiger partial charge in [-0.05, 0) is 24.7 Å². The number of amides is 1. The van der Waals surface area contributed by atoms with Crippen LogP contribution in [0, 0.1) is 0 Å². The highest BCUT2D eigenvalue weighted by Crippen LogP contribution is 2.27. The van der Waals surface area contributed by atoms with E-state index >= 15 is 0 Å². The fourth-order valence-corrected chi connectivity index (χ4v) is 3.39. The molecule has 1 aromatic carbocycles. The Bertz CT molecular complexity index is 909. The van der Waals surface area contributed by atoms with Crippen molar-refractivity contribution in [2.75, 3.05) is 19.6 Å². The van der Waals surface area contributed by atoms with Gasteiger partial charge in [-0.3, -0.25) is 14.8 Å². The number of hydrogen-bond acceptors (Lipinski definition) is 7. The minimum Gasteiger partial charge on any atom is -0.354 e. The summed E-state index contributed by atoms with van der Waals surface area (Å²) >= 11 is 6.40. The van der Waals surface area contributed by atoms with E-state index in [-0.39, 0.29) is 18.4 Å². The van der Waals surface area contributed by atoms with Crippen molar-refractivity contribution in [3.63, 3.8) is 0 Å². The molecule has 0 fully saturated rings. The molecule has 0 aliphatic rings. The molecule has 10 heteroatoms. The first-order valence-corrected chi connectivity index (χ1v) is 9.93. The van der Waals surface area contributed by atoms with Crippen molar-refractivity contribution in [2.45, 2.75) is 32.7 Å². The molecule has 1 atom stereocenters. The van der Waals surface area contributed by atoms with Crippen LogP contribution < -0.4 is 5.32 Å². The molecule has 0 aliphatic carbocycles. The predicted molar refractivity (Wildman–Crippen MR) is 108 cm³/mol. The van der Waals surface area contributed by atoms with Crippen LogP contribution in [0.15, 0.2) is 35.1 Å². The second-order valence-electron chi connectivity index (χ2n) is 6.41. The summed E-state index contributed by atoms with van der Waals surface area (Å²) in [6, 6.07) is 7.74. The lowest BCUT2D eigenvalue weighted by Gasteiger charge is -2.30. The highest BCUT2D eigenvalue weighted by molar-refractivity contribution is 6.31. The maximum Gasteiger partial charge on any atom is 0.239 e. The minimum atomic E-state index is -0.0892. The van der Waals surface area contributed by atoms with E-state index in [4.69, 9.17) is 16.1 Å². The van der Waals surface area contributed by atoms with Gasteiger partial charge >= 0.3 is 0 Å². The molecule has 2 aromatic heterocycles. The smallest absolute Gasteiger partial charge is 0.239 e. The monoisotopic (exact) mass is 417 g/mol. The lowest BCUT2D eigenvalue weighted by Crippen LogP contribution is -2.38. The van der Waals surface area contributed by atoms with Gasteiger partial charge in [-0.25, -0.2) is 4.98 Å². The highest BCUT2D eigenvalue weighted by atomic mass is 35.5. The quantitative estimate of drug-likeness (QED) is 0.521. The number of halogens is 1. The first kappa shape index (κ1) is 20.9. The summed E-state index contributed by atoms with van der Waals surface area (Å²) in [5.74, 6) is 1.02. The molecule has 1 amide bonds. The van der Waals surface area contributed by atoms with E-state index in [0.717, 1.165) is 18.7 Å². The van der Waals surface area contributed by atoms with Gasteiger partial charge in [0.1, 0.15) is 6.33 Å². The van der Waals surface area contributed by atoms with E-state index in [1.807, 2.05) is 24.3 Å². The summed E-state index contributed by atoms with van der Waals surface area (Å²) in [6.07, 6.45) is 1.95. The van der Waals surface area contributed by atoms with Crippen molar-refractivity contribution < 1.29 is 9.32 Å². The van der Waals surface area contributed by atoms with Crippen LogP contribution in [0.1, 0.15) is 37.8 Å². The molecule has 1 unspecified atom stereocenters.